The molecule has 0 aromatic heterocycles. The number of carboxylic acid groups (broad SMARTS) is 2. The molecule has 0 fully saturated rings. The molecule has 23 heteroatoms. The number of carbonyl (C=O) groups is 10. The zero-order chi connectivity index (χ0) is 47.9. The van der Waals surface area contributed by atoms with Crippen molar-refractivity contribution in [1.29, 1.82) is 0 Å². The van der Waals surface area contributed by atoms with Gasteiger partial charge in [0.1, 0.15) is 48.6 Å². The minimum absolute atomic E-state index is 0.0691. The third-order valence-electron chi connectivity index (χ3n) is 9.59. The van der Waals surface area contributed by atoms with E-state index in [1.54, 1.807) is 44.2 Å². The van der Waals surface area contributed by atoms with Crippen LogP contribution < -0.4 is 43.0 Å². The van der Waals surface area contributed by atoms with E-state index in [4.69, 9.17) is 15.6 Å². The number of rotatable bonds is 27. The van der Waals surface area contributed by atoms with E-state index in [9.17, 15) is 63.3 Å². The van der Waals surface area contributed by atoms with Gasteiger partial charge in [-0.1, -0.05) is 62.7 Å². The van der Waals surface area contributed by atoms with Crippen molar-refractivity contribution < 1.29 is 73.1 Å². The zero-order valence-electron chi connectivity index (χ0n) is 35.5. The van der Waals surface area contributed by atoms with Crippen molar-refractivity contribution in [2.45, 2.75) is 102 Å². The molecule has 0 spiro atoms. The number of primary amides is 1. The van der Waals surface area contributed by atoms with E-state index in [0.717, 1.165) is 0 Å². The number of nitrogens with two attached hydrogens (primary N) is 1. The van der Waals surface area contributed by atoms with Crippen molar-refractivity contribution in [2.24, 2.45) is 11.7 Å². The van der Waals surface area contributed by atoms with Crippen molar-refractivity contribution in [3.8, 4) is 5.75 Å². The maximum Gasteiger partial charge on any atom is 0.408 e. The molecule has 0 radical (unpaired) electrons. The maximum atomic E-state index is 13.8. The van der Waals surface area contributed by atoms with Crippen LogP contribution in [0.4, 0.5) is 4.79 Å². The predicted molar refractivity (Wildman–Crippen MR) is 223 cm³/mol. The Morgan fingerprint density at radius 2 is 1.19 bits per heavy atom. The fraction of sp³-hybridized carbons (Fsp3) is 0.463. The minimum Gasteiger partial charge on any atom is -0.508 e. The Kier molecular flexibility index (Phi) is 22.2. The van der Waals surface area contributed by atoms with Gasteiger partial charge in [-0.05, 0) is 48.9 Å². The quantitative estimate of drug-likeness (QED) is 0.0463. The van der Waals surface area contributed by atoms with E-state index in [1.165, 1.54) is 31.2 Å². The summed E-state index contributed by atoms with van der Waals surface area (Å²) in [4.78, 5) is 126. The Hall–Kier alpha value is -7.30. The van der Waals surface area contributed by atoms with Gasteiger partial charge in [0.2, 0.25) is 41.4 Å². The lowest BCUT2D eigenvalue weighted by atomic mass is 9.96. The lowest BCUT2D eigenvalue weighted by Crippen LogP contribution is -2.61. The van der Waals surface area contributed by atoms with Gasteiger partial charge in [-0.2, -0.15) is 0 Å². The van der Waals surface area contributed by atoms with Gasteiger partial charge in [-0.25, -0.2) is 4.79 Å². The van der Waals surface area contributed by atoms with Gasteiger partial charge in [-0.15, -0.1) is 0 Å². The standard InChI is InChI=1S/C41H56N8O15/c1-4-22(2)34(40(62)47-29(18-24-10-12-26(51)13-11-24)38(60)46-27(35(42)57)14-16-32(53)54)49-39(61)30(20-50)48-37(59)28(15-17-33(55)56)45-31(52)19-43-36(58)23(3)44-41(63)64-21-25-8-6-5-7-9-25/h5-13,22-23,27-30,34,50-51H,4,14-21H2,1-3H3,(H2,42,57)(H,43,58)(H,44,63)(H,45,52)(H,46,60)(H,47,62)(H,48,59)(H,49,61)(H,53,54)(H,55,56)/t22-,23-,27-,28-,29-,30-,34-/m0/s1. The second-order valence-corrected chi connectivity index (χ2v) is 14.6. The highest BCUT2D eigenvalue weighted by molar-refractivity contribution is 5.97. The summed E-state index contributed by atoms with van der Waals surface area (Å²) in [5.74, 6) is -10.3. The van der Waals surface area contributed by atoms with Gasteiger partial charge < -0.3 is 68.1 Å². The normalized spacial score (nSPS) is 14.0. The van der Waals surface area contributed by atoms with Crippen molar-refractivity contribution >= 4 is 59.4 Å². The van der Waals surface area contributed by atoms with E-state index in [-0.39, 0.29) is 31.6 Å². The van der Waals surface area contributed by atoms with Crippen LogP contribution in [-0.2, 0) is 60.9 Å². The van der Waals surface area contributed by atoms with E-state index in [1.807, 2.05) is 0 Å². The number of ether oxygens (including phenoxy) is 1. The maximum absolute atomic E-state index is 13.8. The largest absolute Gasteiger partial charge is 0.508 e. The lowest BCUT2D eigenvalue weighted by Gasteiger charge is -2.29. The highest BCUT2D eigenvalue weighted by Gasteiger charge is 2.34. The second-order valence-electron chi connectivity index (χ2n) is 14.6. The lowest BCUT2D eigenvalue weighted by molar-refractivity contribution is -0.139. The van der Waals surface area contributed by atoms with Gasteiger partial charge >= 0.3 is 18.0 Å². The SMILES string of the molecule is CC[C@H](C)[C@H](NC(=O)[C@H](CO)NC(=O)[C@H](CCC(=O)O)NC(=O)CNC(=O)[C@H](C)NC(=O)OCc1ccccc1)C(=O)N[C@@H](Cc1ccc(O)cc1)C(=O)N[C@@H](CCC(=O)O)C(N)=O. The van der Waals surface area contributed by atoms with Crippen molar-refractivity contribution in [3.63, 3.8) is 0 Å². The van der Waals surface area contributed by atoms with Crippen LogP contribution >= 0.6 is 0 Å². The highest BCUT2D eigenvalue weighted by atomic mass is 16.5. The number of aliphatic hydroxyl groups is 1. The molecule has 2 aromatic carbocycles. The summed E-state index contributed by atoms with van der Waals surface area (Å²) in [7, 11) is 0. The highest BCUT2D eigenvalue weighted by Crippen LogP contribution is 2.14. The molecule has 350 valence electrons. The summed E-state index contributed by atoms with van der Waals surface area (Å²) in [6.07, 6.45) is -2.88. The Morgan fingerprint density at radius 1 is 0.641 bits per heavy atom. The summed E-state index contributed by atoms with van der Waals surface area (Å²) in [5.41, 5.74) is 6.51. The molecule has 0 aliphatic heterocycles. The molecule has 7 atom stereocenters. The van der Waals surface area contributed by atoms with Crippen molar-refractivity contribution in [2.75, 3.05) is 13.2 Å². The second kappa shape index (κ2) is 26.9. The molecule has 0 aliphatic rings. The molecule has 0 bridgehead atoms. The first-order valence-corrected chi connectivity index (χ1v) is 20.1. The molecule has 0 heterocycles. The predicted octanol–water partition coefficient (Wildman–Crippen LogP) is -1.96. The summed E-state index contributed by atoms with van der Waals surface area (Å²) in [6, 6.07) is 5.41. The fourth-order valence-electron chi connectivity index (χ4n) is 5.70. The van der Waals surface area contributed by atoms with Gasteiger partial charge in [0, 0.05) is 19.3 Å². The summed E-state index contributed by atoms with van der Waals surface area (Å²) in [5, 5.41) is 54.5. The van der Waals surface area contributed by atoms with Crippen LogP contribution in [-0.4, -0.2) is 129 Å². The van der Waals surface area contributed by atoms with Gasteiger partial charge in [0.25, 0.3) is 0 Å². The fourth-order valence-corrected chi connectivity index (χ4v) is 5.70. The third-order valence-corrected chi connectivity index (χ3v) is 9.59. The van der Waals surface area contributed by atoms with E-state index >= 15 is 0 Å². The van der Waals surface area contributed by atoms with E-state index in [0.29, 0.717) is 11.1 Å². The smallest absolute Gasteiger partial charge is 0.408 e. The van der Waals surface area contributed by atoms with Crippen LogP contribution in [0.5, 0.6) is 5.75 Å². The molecule has 0 saturated carbocycles. The van der Waals surface area contributed by atoms with Crippen LogP contribution in [0.1, 0.15) is 64.0 Å². The van der Waals surface area contributed by atoms with Crippen LogP contribution in [0.2, 0.25) is 0 Å². The van der Waals surface area contributed by atoms with Crippen LogP contribution in [0.25, 0.3) is 0 Å². The number of benzene rings is 2. The number of aliphatic hydroxyl groups excluding tert-OH is 1. The summed E-state index contributed by atoms with van der Waals surface area (Å²) < 4.78 is 5.07. The molecule has 23 nitrogen and oxygen atoms in total. The van der Waals surface area contributed by atoms with Crippen molar-refractivity contribution in [1.82, 2.24) is 37.2 Å². The number of amides is 8. The molecule has 0 unspecified atom stereocenters. The average molecular weight is 901 g/mol. The monoisotopic (exact) mass is 900 g/mol. The Balaban J connectivity index is 2.16. The zero-order valence-corrected chi connectivity index (χ0v) is 35.5. The Bertz CT molecular complexity index is 1950. The number of nitrogens with one attached hydrogen (secondary N) is 7. The van der Waals surface area contributed by atoms with Gasteiger partial charge in [-0.3, -0.25) is 43.2 Å². The third kappa shape index (κ3) is 19.2. The molecule has 64 heavy (non-hydrogen) atoms. The summed E-state index contributed by atoms with van der Waals surface area (Å²) in [6.45, 7) is 2.73. The molecule has 0 aliphatic carbocycles. The number of phenols is 1. The van der Waals surface area contributed by atoms with Crippen LogP contribution in [0, 0.1) is 5.92 Å². The Morgan fingerprint density at radius 3 is 1.75 bits per heavy atom. The number of phenolic OH excluding ortho intramolecular Hbond substituents is 1. The molecule has 2 aromatic rings. The van der Waals surface area contributed by atoms with Gasteiger partial charge in [0.15, 0.2) is 0 Å². The first kappa shape index (κ1) is 52.8. The number of carbonyl (C=O) groups excluding carboxylic acids is 8. The Labute approximate surface area is 367 Å². The molecular weight excluding hydrogens is 844 g/mol. The topological polar surface area (TPSA) is 371 Å². The summed E-state index contributed by atoms with van der Waals surface area (Å²) >= 11 is 0. The average Bonchev–Trinajstić information content (AvgIpc) is 3.25. The first-order chi connectivity index (χ1) is 30.2. The van der Waals surface area contributed by atoms with Crippen molar-refractivity contribution in [3.05, 3.63) is 65.7 Å². The van der Waals surface area contributed by atoms with Crippen LogP contribution in [0.3, 0.4) is 0 Å². The number of hydrogen-bond donors (Lipinski definition) is 12. The van der Waals surface area contributed by atoms with Crippen LogP contribution in [0.15, 0.2) is 54.6 Å². The molecule has 13 N–H and O–H groups in total. The number of aromatic hydroxyl groups is 1. The van der Waals surface area contributed by atoms with E-state index in [2.05, 4.69) is 37.2 Å². The number of aliphatic carboxylic acids is 2. The van der Waals surface area contributed by atoms with Gasteiger partial charge in [0.05, 0.1) is 13.2 Å². The molecule has 8 amide bonds. The molecule has 0 saturated heterocycles. The minimum atomic E-state index is -1.77. The first-order valence-electron chi connectivity index (χ1n) is 20.1. The molecule has 2 rings (SSSR count). The molecular formula is C41H56N8O15. The number of alkyl carbamates (subject to hydrolysis) is 1. The number of carboxylic acids is 2. The number of hydrogen-bond acceptors (Lipinski definition) is 13. The van der Waals surface area contributed by atoms with E-state index < -0.39 is 134 Å².